The van der Waals surface area contributed by atoms with Crippen molar-refractivity contribution in [2.45, 2.75) is 19.8 Å². The van der Waals surface area contributed by atoms with E-state index < -0.39 is 0 Å². The van der Waals surface area contributed by atoms with Gasteiger partial charge in [0.15, 0.2) is 0 Å². The van der Waals surface area contributed by atoms with Crippen LogP contribution >= 0.6 is 11.3 Å². The second-order valence-corrected chi connectivity index (χ2v) is 6.93. The van der Waals surface area contributed by atoms with Gasteiger partial charge in [0.1, 0.15) is 0 Å². The zero-order valence-electron chi connectivity index (χ0n) is 12.9. The predicted molar refractivity (Wildman–Crippen MR) is 92.8 cm³/mol. The van der Waals surface area contributed by atoms with Crippen LogP contribution in [0.1, 0.15) is 27.9 Å². The Morgan fingerprint density at radius 2 is 2.09 bits per heavy atom. The fourth-order valence-corrected chi connectivity index (χ4v) is 3.75. The Morgan fingerprint density at radius 3 is 2.82 bits per heavy atom. The van der Waals surface area contributed by atoms with Gasteiger partial charge in [-0.05, 0) is 43.0 Å². The van der Waals surface area contributed by atoms with Crippen molar-refractivity contribution in [3.05, 3.63) is 52.2 Å². The highest BCUT2D eigenvalue weighted by Gasteiger charge is 2.23. The highest BCUT2D eigenvalue weighted by Crippen LogP contribution is 2.23. The maximum absolute atomic E-state index is 12.2. The quantitative estimate of drug-likeness (QED) is 0.915. The Morgan fingerprint density at radius 1 is 1.27 bits per heavy atom. The van der Waals surface area contributed by atoms with Gasteiger partial charge in [-0.3, -0.25) is 4.79 Å². The standard InChI is InChI=1S/C18H22N2OS/c1-2-16-8-9-17(22-16)18(21)19-12-14-10-11-20(13-14)15-6-4-3-5-7-15/h3-9,14H,2,10-13H2,1H3,(H,19,21)/t14-/m1/s1. The first-order valence-corrected chi connectivity index (χ1v) is 8.75. The van der Waals surface area contributed by atoms with Crippen molar-refractivity contribution in [2.24, 2.45) is 5.92 Å². The summed E-state index contributed by atoms with van der Waals surface area (Å²) in [6, 6.07) is 14.5. The van der Waals surface area contributed by atoms with Crippen LogP contribution in [0.5, 0.6) is 0 Å². The van der Waals surface area contributed by atoms with Crippen LogP contribution in [0, 0.1) is 5.92 Å². The molecule has 0 spiro atoms. The van der Waals surface area contributed by atoms with E-state index in [1.807, 2.05) is 18.2 Å². The van der Waals surface area contributed by atoms with E-state index in [0.717, 1.165) is 37.4 Å². The Kier molecular flexibility index (Phi) is 4.78. The van der Waals surface area contributed by atoms with Gasteiger partial charge in [-0.1, -0.05) is 25.1 Å². The number of amides is 1. The first-order chi connectivity index (χ1) is 10.8. The van der Waals surface area contributed by atoms with Gasteiger partial charge in [-0.15, -0.1) is 11.3 Å². The van der Waals surface area contributed by atoms with Crippen LogP contribution in [0.3, 0.4) is 0 Å². The minimum absolute atomic E-state index is 0.0721. The first kappa shape index (κ1) is 15.1. The van der Waals surface area contributed by atoms with E-state index in [-0.39, 0.29) is 5.91 Å². The molecule has 2 heterocycles. The molecule has 0 saturated carbocycles. The van der Waals surface area contributed by atoms with Gasteiger partial charge in [0, 0.05) is 30.2 Å². The van der Waals surface area contributed by atoms with Crippen molar-refractivity contribution in [3.8, 4) is 0 Å². The highest BCUT2D eigenvalue weighted by molar-refractivity contribution is 7.14. The molecule has 116 valence electrons. The fraction of sp³-hybridized carbons (Fsp3) is 0.389. The summed E-state index contributed by atoms with van der Waals surface area (Å²) in [6.07, 6.45) is 2.13. The largest absolute Gasteiger partial charge is 0.371 e. The second-order valence-electron chi connectivity index (χ2n) is 5.77. The summed E-state index contributed by atoms with van der Waals surface area (Å²) in [7, 11) is 0. The summed E-state index contributed by atoms with van der Waals surface area (Å²) in [5.74, 6) is 0.609. The zero-order chi connectivity index (χ0) is 15.4. The number of nitrogens with one attached hydrogen (secondary N) is 1. The molecule has 2 aromatic rings. The van der Waals surface area contributed by atoms with Crippen LogP contribution in [0.4, 0.5) is 5.69 Å². The van der Waals surface area contributed by atoms with Gasteiger partial charge in [-0.25, -0.2) is 0 Å². The first-order valence-electron chi connectivity index (χ1n) is 7.93. The predicted octanol–water partition coefficient (Wildman–Crippen LogP) is 3.57. The lowest BCUT2D eigenvalue weighted by atomic mass is 10.1. The van der Waals surface area contributed by atoms with E-state index in [2.05, 4.69) is 41.4 Å². The van der Waals surface area contributed by atoms with Gasteiger partial charge in [0.25, 0.3) is 5.91 Å². The van der Waals surface area contributed by atoms with Crippen molar-refractivity contribution in [2.75, 3.05) is 24.5 Å². The minimum Gasteiger partial charge on any atom is -0.371 e. The molecular formula is C18H22N2OS. The molecule has 3 nitrogen and oxygen atoms in total. The second kappa shape index (κ2) is 6.97. The molecule has 1 fully saturated rings. The van der Waals surface area contributed by atoms with Crippen LogP contribution < -0.4 is 10.2 Å². The molecule has 1 saturated heterocycles. The normalized spacial score (nSPS) is 17.7. The number of thiophene rings is 1. The number of benzene rings is 1. The molecule has 22 heavy (non-hydrogen) atoms. The van der Waals surface area contributed by atoms with E-state index in [4.69, 9.17) is 0 Å². The minimum atomic E-state index is 0.0721. The summed E-state index contributed by atoms with van der Waals surface area (Å²) < 4.78 is 0. The van der Waals surface area contributed by atoms with Crippen LogP contribution in [0.25, 0.3) is 0 Å². The number of nitrogens with zero attached hydrogens (tertiary/aromatic N) is 1. The van der Waals surface area contributed by atoms with Crippen LogP contribution in [0.15, 0.2) is 42.5 Å². The van der Waals surface area contributed by atoms with Gasteiger partial charge in [0.2, 0.25) is 0 Å². The Labute approximate surface area is 136 Å². The third-order valence-corrected chi connectivity index (χ3v) is 5.42. The van der Waals surface area contributed by atoms with Crippen molar-refractivity contribution in [1.82, 2.24) is 5.32 Å². The number of carbonyl (C=O) groups excluding carboxylic acids is 1. The Balaban J connectivity index is 1.49. The number of hydrogen-bond donors (Lipinski definition) is 1. The summed E-state index contributed by atoms with van der Waals surface area (Å²) in [6.45, 7) is 4.98. The van der Waals surface area contributed by atoms with Crippen molar-refractivity contribution >= 4 is 22.9 Å². The van der Waals surface area contributed by atoms with E-state index in [9.17, 15) is 4.79 Å². The average Bonchev–Trinajstić information content (AvgIpc) is 3.22. The molecular weight excluding hydrogens is 292 g/mol. The van der Waals surface area contributed by atoms with Gasteiger partial charge in [0.05, 0.1) is 4.88 Å². The third kappa shape index (κ3) is 3.50. The van der Waals surface area contributed by atoms with Crippen LogP contribution in [0.2, 0.25) is 0 Å². The van der Waals surface area contributed by atoms with E-state index in [1.54, 1.807) is 11.3 Å². The van der Waals surface area contributed by atoms with Gasteiger partial charge in [-0.2, -0.15) is 0 Å². The maximum Gasteiger partial charge on any atom is 0.261 e. The lowest BCUT2D eigenvalue weighted by molar-refractivity contribution is 0.0952. The molecule has 1 aliphatic heterocycles. The molecule has 1 N–H and O–H groups in total. The van der Waals surface area contributed by atoms with Crippen molar-refractivity contribution in [1.29, 1.82) is 0 Å². The topological polar surface area (TPSA) is 32.3 Å². The summed E-state index contributed by atoms with van der Waals surface area (Å²) in [4.78, 5) is 16.7. The number of rotatable bonds is 5. The molecule has 1 aromatic heterocycles. The summed E-state index contributed by atoms with van der Waals surface area (Å²) in [5.41, 5.74) is 1.28. The molecule has 1 atom stereocenters. The monoisotopic (exact) mass is 314 g/mol. The van der Waals surface area contributed by atoms with Crippen LogP contribution in [-0.2, 0) is 6.42 Å². The average molecular weight is 314 g/mol. The molecule has 0 unspecified atom stereocenters. The molecule has 4 heteroatoms. The van der Waals surface area contributed by atoms with Crippen molar-refractivity contribution < 1.29 is 4.79 Å². The molecule has 0 aliphatic carbocycles. The highest BCUT2D eigenvalue weighted by atomic mass is 32.1. The number of aryl methyl sites for hydroxylation is 1. The van der Waals surface area contributed by atoms with Gasteiger partial charge >= 0.3 is 0 Å². The number of carbonyl (C=O) groups is 1. The smallest absolute Gasteiger partial charge is 0.261 e. The molecule has 1 amide bonds. The van der Waals surface area contributed by atoms with E-state index in [1.165, 1.54) is 10.6 Å². The molecule has 1 aliphatic rings. The molecule has 1 aromatic carbocycles. The SMILES string of the molecule is CCc1ccc(C(=O)NC[C@H]2CCN(c3ccccc3)C2)s1. The maximum atomic E-state index is 12.2. The van der Waals surface area contributed by atoms with E-state index >= 15 is 0 Å². The molecule has 3 rings (SSSR count). The van der Waals surface area contributed by atoms with Gasteiger partial charge < -0.3 is 10.2 Å². The lowest BCUT2D eigenvalue weighted by Gasteiger charge is -2.18. The Hall–Kier alpha value is -1.81. The summed E-state index contributed by atoms with van der Waals surface area (Å²) in [5, 5.41) is 3.10. The zero-order valence-corrected chi connectivity index (χ0v) is 13.7. The number of hydrogen-bond acceptors (Lipinski definition) is 3. The van der Waals surface area contributed by atoms with Crippen LogP contribution in [-0.4, -0.2) is 25.5 Å². The van der Waals surface area contributed by atoms with Crippen molar-refractivity contribution in [3.63, 3.8) is 0 Å². The Bertz CT molecular complexity index is 623. The van der Waals surface area contributed by atoms with E-state index in [0.29, 0.717) is 5.92 Å². The molecule has 0 bridgehead atoms. The third-order valence-electron chi connectivity index (χ3n) is 4.19. The number of anilines is 1. The fourth-order valence-electron chi connectivity index (χ4n) is 2.89. The lowest BCUT2D eigenvalue weighted by Crippen LogP contribution is -2.30. The number of para-hydroxylation sites is 1. The summed E-state index contributed by atoms with van der Waals surface area (Å²) >= 11 is 1.60. The molecule has 0 radical (unpaired) electrons.